The van der Waals surface area contributed by atoms with Gasteiger partial charge in [-0.25, -0.2) is 4.79 Å². The van der Waals surface area contributed by atoms with Crippen molar-refractivity contribution in [1.82, 2.24) is 0 Å². The minimum atomic E-state index is -1.03. The van der Waals surface area contributed by atoms with Crippen LogP contribution in [0.5, 0.6) is 0 Å². The minimum Gasteiger partial charge on any atom is -0.431 e. The van der Waals surface area contributed by atoms with Crippen molar-refractivity contribution in [2.45, 2.75) is 115 Å². The third kappa shape index (κ3) is 6.14. The number of fused-ring (bicyclic) bond motifs is 3. The van der Waals surface area contributed by atoms with Gasteiger partial charge in [0.2, 0.25) is 5.79 Å². The van der Waals surface area contributed by atoms with E-state index in [1.807, 2.05) is 85.7 Å². The van der Waals surface area contributed by atoms with Crippen LogP contribution in [0.3, 0.4) is 0 Å². The van der Waals surface area contributed by atoms with Crippen LogP contribution in [0.4, 0.5) is 0 Å². The second kappa shape index (κ2) is 11.1. The molecule has 10 heteroatoms. The first kappa shape index (κ1) is 31.4. The molecule has 0 spiro atoms. The van der Waals surface area contributed by atoms with Crippen molar-refractivity contribution in [2.75, 3.05) is 6.61 Å². The molecule has 6 rings (SSSR count). The van der Waals surface area contributed by atoms with Crippen LogP contribution in [0.2, 0.25) is 6.32 Å². The lowest BCUT2D eigenvalue weighted by atomic mass is 9.78. The fourth-order valence-corrected chi connectivity index (χ4v) is 6.33. The number of hydrogen-bond donors (Lipinski definition) is 0. The van der Waals surface area contributed by atoms with E-state index in [1.165, 1.54) is 6.26 Å². The summed E-state index contributed by atoms with van der Waals surface area (Å²) >= 11 is 0. The number of carbonyl (C=O) groups excluding carboxylic acids is 1. The lowest BCUT2D eigenvalue weighted by Crippen LogP contribution is -2.59. The van der Waals surface area contributed by atoms with Gasteiger partial charge in [-0.3, -0.25) is 0 Å². The Bertz CT molecular complexity index is 1390. The maximum atomic E-state index is 12.8. The van der Waals surface area contributed by atoms with E-state index in [0.717, 1.165) is 16.7 Å². The summed E-state index contributed by atoms with van der Waals surface area (Å²) in [4.78, 5) is 12.8. The van der Waals surface area contributed by atoms with Crippen LogP contribution in [0.25, 0.3) is 5.57 Å². The minimum absolute atomic E-state index is 0.232. The standard InChI is InChI=1S/C34H43BO9/c1-30(2)31(3,4)44-35(43-30)19-25(20-37-29(36)24-12-10-9-11-13-24)23-16-14-22(15-17-23)18-34-28(41-33(7,8)42-34)27-26(21-38-34)39-32(5,6)40-27/h9-17,20,26-28H,18-19,21H2,1-8H3/b25-20+/t26-,27-,28+,34+/m1/s1. The van der Waals surface area contributed by atoms with Gasteiger partial charge in [-0.2, -0.15) is 0 Å². The van der Waals surface area contributed by atoms with Crippen LogP contribution in [0, 0.1) is 0 Å². The summed E-state index contributed by atoms with van der Waals surface area (Å²) in [5.74, 6) is -3.04. The van der Waals surface area contributed by atoms with Crippen LogP contribution < -0.4 is 0 Å². The molecule has 2 aromatic carbocycles. The van der Waals surface area contributed by atoms with Crippen molar-refractivity contribution in [3.63, 3.8) is 0 Å². The third-order valence-electron chi connectivity index (χ3n) is 9.06. The molecule has 0 saturated carbocycles. The highest BCUT2D eigenvalue weighted by atomic mass is 16.9. The number of esters is 1. The zero-order valence-corrected chi connectivity index (χ0v) is 26.9. The molecule has 0 bridgehead atoms. The molecule has 4 aliphatic rings. The Balaban J connectivity index is 1.23. The summed E-state index contributed by atoms with van der Waals surface area (Å²) in [6.07, 6.45) is 1.34. The van der Waals surface area contributed by atoms with E-state index in [2.05, 4.69) is 0 Å². The van der Waals surface area contributed by atoms with E-state index in [1.54, 1.807) is 24.3 Å². The van der Waals surface area contributed by atoms with E-state index in [4.69, 9.17) is 37.7 Å². The molecule has 2 aromatic rings. The van der Waals surface area contributed by atoms with Crippen LogP contribution in [0.15, 0.2) is 60.9 Å². The quantitative estimate of drug-likeness (QED) is 0.217. The lowest BCUT2D eigenvalue weighted by molar-refractivity contribution is -0.280. The number of hydrogen-bond acceptors (Lipinski definition) is 9. The van der Waals surface area contributed by atoms with E-state index in [-0.39, 0.29) is 12.2 Å². The highest BCUT2D eigenvalue weighted by Crippen LogP contribution is 2.49. The van der Waals surface area contributed by atoms with Crippen molar-refractivity contribution in [1.29, 1.82) is 0 Å². The highest BCUT2D eigenvalue weighted by Gasteiger charge is 2.65. The monoisotopic (exact) mass is 606 g/mol. The van der Waals surface area contributed by atoms with Crippen molar-refractivity contribution >= 4 is 18.7 Å². The van der Waals surface area contributed by atoms with Gasteiger partial charge in [-0.05, 0) is 84.2 Å². The van der Waals surface area contributed by atoms with Gasteiger partial charge in [-0.15, -0.1) is 0 Å². The average molecular weight is 607 g/mol. The lowest BCUT2D eigenvalue weighted by Gasteiger charge is -2.41. The van der Waals surface area contributed by atoms with E-state index >= 15 is 0 Å². The average Bonchev–Trinajstić information content (AvgIpc) is 3.49. The molecule has 0 unspecified atom stereocenters. The Hall–Kier alpha value is -2.57. The molecule has 4 heterocycles. The molecule has 0 radical (unpaired) electrons. The maximum absolute atomic E-state index is 12.8. The van der Waals surface area contributed by atoms with Crippen molar-refractivity contribution in [2.24, 2.45) is 0 Å². The van der Waals surface area contributed by atoms with Crippen molar-refractivity contribution in [3.8, 4) is 0 Å². The van der Waals surface area contributed by atoms with E-state index in [0.29, 0.717) is 24.9 Å². The molecule has 0 N–H and O–H groups in total. The zero-order chi connectivity index (χ0) is 31.5. The molecule has 4 atom stereocenters. The molecule has 4 aliphatic heterocycles. The summed E-state index contributed by atoms with van der Waals surface area (Å²) in [7, 11) is -0.506. The van der Waals surface area contributed by atoms with Gasteiger partial charge in [0, 0.05) is 12.7 Å². The fraction of sp³-hybridized carbons (Fsp3) is 0.559. The van der Waals surface area contributed by atoms with Gasteiger partial charge < -0.3 is 37.7 Å². The number of ether oxygens (including phenoxy) is 6. The van der Waals surface area contributed by atoms with Gasteiger partial charge in [-0.1, -0.05) is 42.5 Å². The largest absolute Gasteiger partial charge is 0.462 e. The van der Waals surface area contributed by atoms with E-state index < -0.39 is 47.8 Å². The van der Waals surface area contributed by atoms with Gasteiger partial charge in [0.15, 0.2) is 11.6 Å². The first-order chi connectivity index (χ1) is 20.6. The molecule has 4 fully saturated rings. The molecule has 4 saturated heterocycles. The summed E-state index contributed by atoms with van der Waals surface area (Å²) in [6, 6.07) is 17.0. The molecule has 44 heavy (non-hydrogen) atoms. The first-order valence-electron chi connectivity index (χ1n) is 15.3. The van der Waals surface area contributed by atoms with Crippen LogP contribution in [-0.2, 0) is 44.2 Å². The SMILES string of the molecule is CC1(C)O[C@@H]2[C@@H](CO[C@@]3(Cc4ccc(/C(=C/OC(=O)c5ccccc5)CB5OC(C)(C)C(C)(C)O5)cc4)OC(C)(C)O[C@@H]23)O1. The van der Waals surface area contributed by atoms with E-state index in [9.17, 15) is 4.79 Å². The summed E-state index contributed by atoms with van der Waals surface area (Å²) in [5.41, 5.74) is 2.14. The van der Waals surface area contributed by atoms with Crippen molar-refractivity contribution < 1.29 is 42.5 Å². The van der Waals surface area contributed by atoms with Crippen molar-refractivity contribution in [3.05, 3.63) is 77.5 Å². The zero-order valence-electron chi connectivity index (χ0n) is 26.9. The molecular weight excluding hydrogens is 563 g/mol. The predicted molar refractivity (Wildman–Crippen MR) is 163 cm³/mol. The highest BCUT2D eigenvalue weighted by molar-refractivity contribution is 6.48. The molecule has 0 aliphatic carbocycles. The summed E-state index contributed by atoms with van der Waals surface area (Å²) < 4.78 is 49.7. The van der Waals surface area contributed by atoms with Gasteiger partial charge in [0.05, 0.1) is 29.6 Å². The first-order valence-corrected chi connectivity index (χ1v) is 15.3. The second-order valence-corrected chi connectivity index (χ2v) is 14.0. The predicted octanol–water partition coefficient (Wildman–Crippen LogP) is 5.92. The Morgan fingerprint density at radius 1 is 0.841 bits per heavy atom. The fourth-order valence-electron chi connectivity index (χ4n) is 6.33. The number of benzene rings is 2. The van der Waals surface area contributed by atoms with Gasteiger partial charge >= 0.3 is 13.1 Å². The number of carbonyl (C=O) groups is 1. The van der Waals surface area contributed by atoms with Crippen LogP contribution >= 0.6 is 0 Å². The Kier molecular flexibility index (Phi) is 7.89. The molecule has 9 nitrogen and oxygen atoms in total. The molecule has 0 amide bonds. The Labute approximate surface area is 260 Å². The normalized spacial score (nSPS) is 31.4. The van der Waals surface area contributed by atoms with Crippen LogP contribution in [0.1, 0.15) is 76.9 Å². The number of rotatable bonds is 7. The number of allylic oxidation sites excluding steroid dienone is 1. The molecular formula is C34H43BO9. The smallest absolute Gasteiger partial charge is 0.431 e. The van der Waals surface area contributed by atoms with Crippen LogP contribution in [-0.4, -0.2) is 66.6 Å². The summed E-state index contributed by atoms with van der Waals surface area (Å²) in [6.45, 7) is 16.0. The Morgan fingerprint density at radius 2 is 1.50 bits per heavy atom. The topological polar surface area (TPSA) is 90.9 Å². The molecule has 236 valence electrons. The third-order valence-corrected chi connectivity index (χ3v) is 9.06. The Morgan fingerprint density at radius 3 is 2.16 bits per heavy atom. The maximum Gasteiger partial charge on any atom is 0.462 e. The van der Waals surface area contributed by atoms with Gasteiger partial charge in [0.25, 0.3) is 0 Å². The summed E-state index contributed by atoms with van der Waals surface area (Å²) in [5, 5.41) is 0. The second-order valence-electron chi connectivity index (χ2n) is 14.0. The van der Waals surface area contributed by atoms with Gasteiger partial charge in [0.1, 0.15) is 18.3 Å². The molecule has 0 aromatic heterocycles.